The average molecular weight is 515 g/mol. The van der Waals surface area contributed by atoms with E-state index in [2.05, 4.69) is 33.0 Å². The molecule has 0 saturated carbocycles. The van der Waals surface area contributed by atoms with E-state index in [1.165, 1.54) is 0 Å². The number of amides is 1. The Labute approximate surface area is 206 Å². The smallest absolute Gasteiger partial charge is 0.271 e. The van der Waals surface area contributed by atoms with Gasteiger partial charge in [-0.3, -0.25) is 4.79 Å². The summed E-state index contributed by atoms with van der Waals surface area (Å²) in [4.78, 5) is 12.5. The average Bonchev–Trinajstić information content (AvgIpc) is 2.87. The van der Waals surface area contributed by atoms with Crippen LogP contribution < -0.4 is 14.9 Å². The summed E-state index contributed by atoms with van der Waals surface area (Å²) in [6.45, 7) is 4.44. The molecule has 0 fully saturated rings. The fourth-order valence-electron chi connectivity index (χ4n) is 3.40. The molecule has 0 aliphatic heterocycles. The maximum absolute atomic E-state index is 12.5. The van der Waals surface area contributed by atoms with Crippen LogP contribution in [0.25, 0.3) is 10.8 Å². The quantitative estimate of drug-likeness (QED) is 0.157. The van der Waals surface area contributed by atoms with Crippen LogP contribution in [0.4, 0.5) is 0 Å². The van der Waals surface area contributed by atoms with E-state index in [1.54, 1.807) is 36.6 Å². The van der Waals surface area contributed by atoms with Crippen LogP contribution in [-0.2, 0) is 6.61 Å². The molecule has 5 nitrogen and oxygen atoms in total. The third kappa shape index (κ3) is 5.91. The van der Waals surface area contributed by atoms with Gasteiger partial charge in [-0.15, -0.1) is 0 Å². The van der Waals surface area contributed by atoms with E-state index in [9.17, 15) is 4.79 Å². The van der Waals surface area contributed by atoms with Gasteiger partial charge in [0.1, 0.15) is 24.7 Å². The van der Waals surface area contributed by atoms with E-state index in [0.717, 1.165) is 26.4 Å². The lowest BCUT2D eigenvalue weighted by Crippen LogP contribution is -2.17. The van der Waals surface area contributed by atoms with E-state index in [1.807, 2.05) is 60.7 Å². The van der Waals surface area contributed by atoms with Crippen LogP contribution in [-0.4, -0.2) is 18.7 Å². The monoisotopic (exact) mass is 514 g/mol. The van der Waals surface area contributed by atoms with Crippen LogP contribution in [0.2, 0.25) is 0 Å². The molecule has 170 valence electrons. The summed E-state index contributed by atoms with van der Waals surface area (Å²) in [6, 6.07) is 26.7. The molecule has 4 aromatic rings. The van der Waals surface area contributed by atoms with Gasteiger partial charge in [0, 0.05) is 15.6 Å². The third-order valence-electron chi connectivity index (χ3n) is 5.06. The Kier molecular flexibility index (Phi) is 7.73. The second-order valence-electron chi connectivity index (χ2n) is 7.44. The SMILES string of the molecule is C=CCOc1ccc(C(=O)N/N=C\c2c(OCc3cccc(Br)c3)ccc3ccccc23)cc1. The highest BCUT2D eigenvalue weighted by Gasteiger charge is 2.09. The number of hydrogen-bond donors (Lipinski definition) is 1. The predicted molar refractivity (Wildman–Crippen MR) is 140 cm³/mol. The molecule has 0 aliphatic carbocycles. The van der Waals surface area contributed by atoms with Crippen molar-refractivity contribution in [2.45, 2.75) is 6.61 Å². The van der Waals surface area contributed by atoms with Crippen molar-refractivity contribution in [3.8, 4) is 11.5 Å². The number of nitrogens with zero attached hydrogens (tertiary/aromatic N) is 1. The van der Waals surface area contributed by atoms with E-state index in [0.29, 0.717) is 30.3 Å². The molecule has 0 bridgehead atoms. The molecule has 0 unspecified atom stereocenters. The summed E-state index contributed by atoms with van der Waals surface area (Å²) in [5.41, 5.74) is 4.91. The van der Waals surface area contributed by atoms with Crippen molar-refractivity contribution >= 4 is 38.8 Å². The summed E-state index contributed by atoms with van der Waals surface area (Å²) in [7, 11) is 0. The number of nitrogens with one attached hydrogen (secondary N) is 1. The number of fused-ring (bicyclic) bond motifs is 1. The molecule has 1 N–H and O–H groups in total. The molecular weight excluding hydrogens is 492 g/mol. The van der Waals surface area contributed by atoms with E-state index in [4.69, 9.17) is 9.47 Å². The number of hydrogen-bond acceptors (Lipinski definition) is 4. The van der Waals surface area contributed by atoms with Crippen LogP contribution in [0.3, 0.4) is 0 Å². The van der Waals surface area contributed by atoms with Crippen molar-refractivity contribution in [3.05, 3.63) is 119 Å². The number of rotatable bonds is 9. The Morgan fingerprint density at radius 1 is 0.971 bits per heavy atom. The second-order valence-corrected chi connectivity index (χ2v) is 8.36. The van der Waals surface area contributed by atoms with E-state index >= 15 is 0 Å². The number of carbonyl (C=O) groups is 1. The molecule has 0 atom stereocenters. The van der Waals surface area contributed by atoms with Crippen molar-refractivity contribution in [3.63, 3.8) is 0 Å². The Bertz CT molecular complexity index is 1330. The fourth-order valence-corrected chi connectivity index (χ4v) is 3.85. The predicted octanol–water partition coefficient (Wildman–Crippen LogP) is 6.51. The zero-order valence-electron chi connectivity index (χ0n) is 18.4. The lowest BCUT2D eigenvalue weighted by molar-refractivity contribution is 0.0955. The van der Waals surface area contributed by atoms with E-state index in [-0.39, 0.29) is 5.91 Å². The molecule has 4 rings (SSSR count). The molecule has 0 heterocycles. The molecule has 4 aromatic carbocycles. The van der Waals surface area contributed by atoms with Crippen LogP contribution in [0.1, 0.15) is 21.5 Å². The maximum atomic E-state index is 12.5. The van der Waals surface area contributed by atoms with Gasteiger partial charge in [-0.25, -0.2) is 5.43 Å². The van der Waals surface area contributed by atoms with E-state index < -0.39 is 0 Å². The molecule has 1 amide bonds. The minimum Gasteiger partial charge on any atom is -0.490 e. The summed E-state index contributed by atoms with van der Waals surface area (Å²) in [5.74, 6) is 1.03. The van der Waals surface area contributed by atoms with Gasteiger partial charge in [-0.2, -0.15) is 5.10 Å². The van der Waals surface area contributed by atoms with Crippen LogP contribution >= 0.6 is 15.9 Å². The van der Waals surface area contributed by atoms with Gasteiger partial charge in [0.25, 0.3) is 5.91 Å². The first kappa shape index (κ1) is 23.3. The Balaban J connectivity index is 1.52. The number of benzene rings is 4. The zero-order chi connectivity index (χ0) is 23.8. The van der Waals surface area contributed by atoms with Gasteiger partial charge < -0.3 is 9.47 Å². The largest absolute Gasteiger partial charge is 0.490 e. The Morgan fingerprint density at radius 3 is 2.59 bits per heavy atom. The van der Waals surface area contributed by atoms with Crippen molar-refractivity contribution < 1.29 is 14.3 Å². The minimum absolute atomic E-state index is 0.316. The summed E-state index contributed by atoms with van der Waals surface area (Å²) in [5, 5.41) is 6.25. The van der Waals surface area contributed by atoms with Crippen molar-refractivity contribution in [2.75, 3.05) is 6.61 Å². The number of ether oxygens (including phenoxy) is 2. The highest BCUT2D eigenvalue weighted by atomic mass is 79.9. The lowest BCUT2D eigenvalue weighted by Gasteiger charge is -2.12. The van der Waals surface area contributed by atoms with Crippen molar-refractivity contribution in [1.82, 2.24) is 5.43 Å². The second kappa shape index (κ2) is 11.3. The lowest BCUT2D eigenvalue weighted by atomic mass is 10.0. The molecule has 0 saturated heterocycles. The molecule has 0 spiro atoms. The van der Waals surface area contributed by atoms with Crippen LogP contribution in [0.5, 0.6) is 11.5 Å². The number of carbonyl (C=O) groups excluding carboxylic acids is 1. The van der Waals surface area contributed by atoms with Gasteiger partial charge in [0.2, 0.25) is 0 Å². The standard InChI is InChI=1S/C28H23BrN2O3/c1-2-16-33-24-13-10-22(11-14-24)28(32)31-30-18-26-25-9-4-3-7-21(25)12-15-27(26)34-19-20-6-5-8-23(29)17-20/h2-15,17-18H,1,16,19H2,(H,31,32)/b30-18-. The van der Waals surface area contributed by atoms with Gasteiger partial charge in [0.05, 0.1) is 6.21 Å². The normalized spacial score (nSPS) is 10.9. The van der Waals surface area contributed by atoms with Crippen molar-refractivity contribution in [1.29, 1.82) is 0 Å². The number of hydrazone groups is 1. The highest BCUT2D eigenvalue weighted by molar-refractivity contribution is 9.10. The summed E-state index contributed by atoms with van der Waals surface area (Å²) < 4.78 is 12.6. The van der Waals surface area contributed by atoms with Crippen LogP contribution in [0, 0.1) is 0 Å². The maximum Gasteiger partial charge on any atom is 0.271 e. The third-order valence-corrected chi connectivity index (χ3v) is 5.55. The van der Waals surface area contributed by atoms with Crippen molar-refractivity contribution in [2.24, 2.45) is 5.10 Å². The fraction of sp³-hybridized carbons (Fsp3) is 0.0714. The van der Waals surface area contributed by atoms with Gasteiger partial charge in [-0.05, 0) is 58.8 Å². The van der Waals surface area contributed by atoms with Gasteiger partial charge in [0.15, 0.2) is 0 Å². The first-order chi connectivity index (χ1) is 16.6. The molecular formula is C28H23BrN2O3. The Hall–Kier alpha value is -3.90. The van der Waals surface area contributed by atoms with Gasteiger partial charge in [-0.1, -0.05) is 71.0 Å². The van der Waals surface area contributed by atoms with Gasteiger partial charge >= 0.3 is 0 Å². The minimum atomic E-state index is -0.316. The molecule has 0 radical (unpaired) electrons. The molecule has 0 aromatic heterocycles. The zero-order valence-corrected chi connectivity index (χ0v) is 20.0. The molecule has 34 heavy (non-hydrogen) atoms. The first-order valence-electron chi connectivity index (χ1n) is 10.7. The van der Waals surface area contributed by atoms with Crippen LogP contribution in [0.15, 0.2) is 107 Å². The first-order valence-corrected chi connectivity index (χ1v) is 11.5. The summed E-state index contributed by atoms with van der Waals surface area (Å²) in [6.07, 6.45) is 3.29. The summed E-state index contributed by atoms with van der Waals surface area (Å²) >= 11 is 3.49. The molecule has 6 heteroatoms. The Morgan fingerprint density at radius 2 is 1.79 bits per heavy atom. The molecule has 0 aliphatic rings. The topological polar surface area (TPSA) is 59.9 Å². The highest BCUT2D eigenvalue weighted by Crippen LogP contribution is 2.27. The number of halogens is 1.